The molecule has 0 amide bonds. The lowest BCUT2D eigenvalue weighted by atomic mass is 10.3. The molecule has 3 heteroatoms. The van der Waals surface area contributed by atoms with Crippen LogP contribution in [0.15, 0.2) is 18.3 Å². The smallest absolute Gasteiger partial charge is 0.134 e. The highest BCUT2D eigenvalue weighted by atomic mass is 127. The Morgan fingerprint density at radius 3 is 2.78 bits per heavy atom. The molecule has 1 heterocycles. The standard InChI is InChI=1S/C6H7IN2/c1-5-2-3-6(9-7)8-4-5/h2-4H,1H3,(H,8,9). The minimum absolute atomic E-state index is 0.904. The van der Waals surface area contributed by atoms with Crippen molar-refractivity contribution < 1.29 is 0 Å². The van der Waals surface area contributed by atoms with Crippen LogP contribution in [-0.2, 0) is 0 Å². The van der Waals surface area contributed by atoms with E-state index in [9.17, 15) is 0 Å². The number of nitrogens with zero attached hydrogens (tertiary/aromatic N) is 1. The van der Waals surface area contributed by atoms with Gasteiger partial charge in [-0.25, -0.2) is 4.98 Å². The molecule has 0 fully saturated rings. The fraction of sp³-hybridized carbons (Fsp3) is 0.167. The zero-order valence-electron chi connectivity index (χ0n) is 5.06. The van der Waals surface area contributed by atoms with E-state index in [0.29, 0.717) is 0 Å². The van der Waals surface area contributed by atoms with E-state index < -0.39 is 0 Å². The summed E-state index contributed by atoms with van der Waals surface area (Å²) in [6, 6.07) is 3.97. The van der Waals surface area contributed by atoms with E-state index in [1.807, 2.05) is 25.3 Å². The number of aromatic nitrogens is 1. The first-order valence-electron chi connectivity index (χ1n) is 2.62. The van der Waals surface area contributed by atoms with Gasteiger partial charge in [0.2, 0.25) is 0 Å². The Morgan fingerprint density at radius 1 is 1.56 bits per heavy atom. The lowest BCUT2D eigenvalue weighted by molar-refractivity contribution is 1.28. The van der Waals surface area contributed by atoms with Crippen LogP contribution in [0.25, 0.3) is 0 Å². The summed E-state index contributed by atoms with van der Waals surface area (Å²) in [6.45, 7) is 2.02. The molecule has 0 aromatic carbocycles. The number of halogens is 1. The van der Waals surface area contributed by atoms with Crippen molar-refractivity contribution in [3.05, 3.63) is 23.9 Å². The molecule has 1 aromatic heterocycles. The van der Waals surface area contributed by atoms with Crippen LogP contribution in [0.2, 0.25) is 0 Å². The molecule has 0 aliphatic heterocycles. The fourth-order valence-corrected chi connectivity index (χ4v) is 0.843. The first kappa shape index (κ1) is 6.80. The second-order valence-electron chi connectivity index (χ2n) is 1.82. The Hall–Kier alpha value is -0.320. The number of hydrogen-bond acceptors (Lipinski definition) is 2. The zero-order valence-corrected chi connectivity index (χ0v) is 7.21. The van der Waals surface area contributed by atoms with E-state index in [4.69, 9.17) is 0 Å². The third-order valence-electron chi connectivity index (χ3n) is 1.01. The summed E-state index contributed by atoms with van der Waals surface area (Å²) >= 11 is 2.05. The topological polar surface area (TPSA) is 24.9 Å². The van der Waals surface area contributed by atoms with Gasteiger partial charge in [-0.1, -0.05) is 6.07 Å². The second kappa shape index (κ2) is 3.00. The highest BCUT2D eigenvalue weighted by Gasteiger charge is 1.86. The molecular weight excluding hydrogens is 227 g/mol. The van der Waals surface area contributed by atoms with Crippen molar-refractivity contribution in [2.45, 2.75) is 6.92 Å². The molecule has 1 aromatic rings. The van der Waals surface area contributed by atoms with Gasteiger partial charge in [-0.2, -0.15) is 0 Å². The van der Waals surface area contributed by atoms with E-state index in [-0.39, 0.29) is 0 Å². The highest BCUT2D eigenvalue weighted by molar-refractivity contribution is 14.1. The number of anilines is 1. The van der Waals surface area contributed by atoms with Gasteiger partial charge in [0.05, 0.1) is 22.9 Å². The van der Waals surface area contributed by atoms with Crippen LogP contribution < -0.4 is 3.53 Å². The molecule has 0 saturated heterocycles. The zero-order chi connectivity index (χ0) is 6.69. The fourth-order valence-electron chi connectivity index (χ4n) is 0.524. The van der Waals surface area contributed by atoms with Gasteiger partial charge in [0.15, 0.2) is 0 Å². The Bertz CT molecular complexity index is 183. The largest absolute Gasteiger partial charge is 0.313 e. The van der Waals surface area contributed by atoms with Crippen molar-refractivity contribution in [2.75, 3.05) is 3.53 Å². The molecule has 2 nitrogen and oxygen atoms in total. The van der Waals surface area contributed by atoms with Gasteiger partial charge in [0.1, 0.15) is 5.82 Å². The summed E-state index contributed by atoms with van der Waals surface area (Å²) in [5, 5.41) is 0. The molecule has 1 N–H and O–H groups in total. The van der Waals surface area contributed by atoms with Crippen molar-refractivity contribution in [2.24, 2.45) is 0 Å². The van der Waals surface area contributed by atoms with Crippen LogP contribution in [0.1, 0.15) is 5.56 Å². The molecular formula is C6H7IN2. The van der Waals surface area contributed by atoms with Gasteiger partial charge in [-0.15, -0.1) is 0 Å². The maximum Gasteiger partial charge on any atom is 0.134 e. The number of nitrogens with one attached hydrogen (secondary N) is 1. The third-order valence-corrected chi connectivity index (χ3v) is 1.56. The van der Waals surface area contributed by atoms with E-state index in [1.54, 1.807) is 0 Å². The quantitative estimate of drug-likeness (QED) is 0.594. The molecule has 0 aliphatic carbocycles. The van der Waals surface area contributed by atoms with Crippen molar-refractivity contribution in [1.82, 2.24) is 4.98 Å². The minimum atomic E-state index is 0.904. The summed E-state index contributed by atoms with van der Waals surface area (Å²) in [7, 11) is 0. The van der Waals surface area contributed by atoms with Gasteiger partial charge >= 0.3 is 0 Å². The van der Waals surface area contributed by atoms with Crippen molar-refractivity contribution in [3.8, 4) is 0 Å². The predicted octanol–water partition coefficient (Wildman–Crippen LogP) is 2.15. The minimum Gasteiger partial charge on any atom is -0.313 e. The average Bonchev–Trinajstić information content (AvgIpc) is 1.90. The predicted molar refractivity (Wildman–Crippen MR) is 46.6 cm³/mol. The van der Waals surface area contributed by atoms with Crippen LogP contribution in [0, 0.1) is 6.92 Å². The Balaban J connectivity index is 2.88. The van der Waals surface area contributed by atoms with E-state index in [0.717, 1.165) is 5.82 Å². The van der Waals surface area contributed by atoms with E-state index in [1.165, 1.54) is 5.56 Å². The molecule has 0 saturated carbocycles. The summed E-state index contributed by atoms with van der Waals surface area (Å²) in [5.41, 5.74) is 1.19. The molecule has 0 atom stereocenters. The monoisotopic (exact) mass is 234 g/mol. The lowest BCUT2D eigenvalue weighted by Crippen LogP contribution is -1.83. The molecule has 0 unspecified atom stereocenters. The van der Waals surface area contributed by atoms with Crippen molar-refractivity contribution >= 4 is 28.7 Å². The van der Waals surface area contributed by atoms with E-state index in [2.05, 4.69) is 31.4 Å². The maximum absolute atomic E-state index is 4.08. The third kappa shape index (κ3) is 1.82. The molecule has 0 bridgehead atoms. The molecule has 1 rings (SSSR count). The Morgan fingerprint density at radius 2 is 2.33 bits per heavy atom. The Labute approximate surface area is 68.2 Å². The van der Waals surface area contributed by atoms with Crippen molar-refractivity contribution in [1.29, 1.82) is 0 Å². The average molecular weight is 234 g/mol. The van der Waals surface area contributed by atoms with Crippen LogP contribution in [0.3, 0.4) is 0 Å². The number of aryl methyl sites for hydroxylation is 1. The van der Waals surface area contributed by atoms with Gasteiger partial charge in [0.25, 0.3) is 0 Å². The Kier molecular flexibility index (Phi) is 2.27. The first-order valence-corrected chi connectivity index (χ1v) is 3.70. The molecule has 0 radical (unpaired) electrons. The van der Waals surface area contributed by atoms with Gasteiger partial charge in [-0.05, 0) is 18.6 Å². The SMILES string of the molecule is Cc1ccc(NI)nc1. The van der Waals surface area contributed by atoms with Crippen LogP contribution in [0.4, 0.5) is 5.82 Å². The molecule has 48 valence electrons. The van der Waals surface area contributed by atoms with Crippen molar-refractivity contribution in [3.63, 3.8) is 0 Å². The highest BCUT2D eigenvalue weighted by Crippen LogP contribution is 2.04. The first-order chi connectivity index (χ1) is 4.33. The van der Waals surface area contributed by atoms with Crippen LogP contribution in [-0.4, -0.2) is 4.98 Å². The van der Waals surface area contributed by atoms with Crippen LogP contribution in [0.5, 0.6) is 0 Å². The molecule has 0 spiro atoms. The number of rotatable bonds is 1. The maximum atomic E-state index is 4.08. The lowest BCUT2D eigenvalue weighted by Gasteiger charge is -1.94. The molecule has 9 heavy (non-hydrogen) atoms. The summed E-state index contributed by atoms with van der Waals surface area (Å²) in [6.07, 6.45) is 1.83. The van der Waals surface area contributed by atoms with Gasteiger partial charge in [-0.3, -0.25) is 0 Å². The number of hydrogen-bond donors (Lipinski definition) is 1. The van der Waals surface area contributed by atoms with Gasteiger partial charge < -0.3 is 3.53 Å². The summed E-state index contributed by atoms with van der Waals surface area (Å²) < 4.78 is 2.91. The van der Waals surface area contributed by atoms with E-state index >= 15 is 0 Å². The summed E-state index contributed by atoms with van der Waals surface area (Å²) in [5.74, 6) is 0.904. The normalized spacial score (nSPS) is 9.11. The van der Waals surface area contributed by atoms with Gasteiger partial charge in [0, 0.05) is 6.20 Å². The molecule has 0 aliphatic rings. The van der Waals surface area contributed by atoms with Crippen LogP contribution >= 0.6 is 22.9 Å². The second-order valence-corrected chi connectivity index (χ2v) is 2.35. The number of pyridine rings is 1. The summed E-state index contributed by atoms with van der Waals surface area (Å²) in [4.78, 5) is 4.08.